The molecule has 0 atom stereocenters. The molecule has 0 fully saturated rings. The molecule has 5 nitrogen and oxygen atoms in total. The summed E-state index contributed by atoms with van der Waals surface area (Å²) < 4.78 is 1.77. The predicted octanol–water partition coefficient (Wildman–Crippen LogP) is 2.45. The number of benzene rings is 1. The fourth-order valence-electron chi connectivity index (χ4n) is 2.29. The van der Waals surface area contributed by atoms with Crippen LogP contribution in [0.25, 0.3) is 0 Å². The monoisotopic (exact) mass is 272 g/mol. The van der Waals surface area contributed by atoms with Crippen molar-refractivity contribution < 1.29 is 14.7 Å². The van der Waals surface area contributed by atoms with E-state index >= 15 is 0 Å². The Morgan fingerprint density at radius 3 is 2.25 bits per heavy atom. The van der Waals surface area contributed by atoms with Crippen molar-refractivity contribution in [2.24, 2.45) is 0 Å². The van der Waals surface area contributed by atoms with Gasteiger partial charge in [0.25, 0.3) is 0 Å². The second-order valence-corrected chi connectivity index (χ2v) is 4.76. The molecule has 2 rings (SSSR count). The molecule has 0 bridgehead atoms. The number of aromatic nitrogens is 2. The van der Waals surface area contributed by atoms with E-state index in [1.54, 1.807) is 28.9 Å². The van der Waals surface area contributed by atoms with E-state index in [9.17, 15) is 9.59 Å². The third-order valence-electron chi connectivity index (χ3n) is 3.27. The Balaban J connectivity index is 2.28. The predicted molar refractivity (Wildman–Crippen MR) is 74.2 cm³/mol. The average molecular weight is 272 g/mol. The van der Waals surface area contributed by atoms with Gasteiger partial charge in [0.2, 0.25) is 0 Å². The van der Waals surface area contributed by atoms with Gasteiger partial charge in [0.15, 0.2) is 5.78 Å². The maximum atomic E-state index is 11.6. The Kier molecular flexibility index (Phi) is 3.70. The quantitative estimate of drug-likeness (QED) is 0.868. The summed E-state index contributed by atoms with van der Waals surface area (Å²) in [6, 6.07) is 6.64. The van der Waals surface area contributed by atoms with Crippen LogP contribution in [0.15, 0.2) is 24.3 Å². The molecule has 104 valence electrons. The molecule has 0 spiro atoms. The summed E-state index contributed by atoms with van der Waals surface area (Å²) in [6.07, 6.45) is 0. The van der Waals surface area contributed by atoms with Gasteiger partial charge in [-0.1, -0.05) is 12.1 Å². The molecular weight excluding hydrogens is 256 g/mol. The summed E-state index contributed by atoms with van der Waals surface area (Å²) in [7, 11) is 0. The standard InChI is InChI=1S/C15H16N2O3/c1-9-14(11(3)18)10(2)17(16-9)8-12-4-6-13(7-5-12)15(19)20/h4-7H,8H2,1-3H3,(H,19,20). The highest BCUT2D eigenvalue weighted by Crippen LogP contribution is 2.15. The number of carbonyl (C=O) groups is 2. The van der Waals surface area contributed by atoms with Crippen molar-refractivity contribution in [3.63, 3.8) is 0 Å². The number of aryl methyl sites for hydroxylation is 1. The van der Waals surface area contributed by atoms with Crippen molar-refractivity contribution in [2.45, 2.75) is 27.3 Å². The molecule has 0 amide bonds. The number of nitrogens with zero attached hydrogens (tertiary/aromatic N) is 2. The van der Waals surface area contributed by atoms with Crippen LogP contribution in [0.4, 0.5) is 0 Å². The summed E-state index contributed by atoms with van der Waals surface area (Å²) in [4.78, 5) is 22.3. The Morgan fingerprint density at radius 1 is 1.20 bits per heavy atom. The summed E-state index contributed by atoms with van der Waals surface area (Å²) >= 11 is 0. The normalized spacial score (nSPS) is 10.6. The van der Waals surface area contributed by atoms with Crippen molar-refractivity contribution in [1.29, 1.82) is 0 Å². The van der Waals surface area contributed by atoms with Crippen molar-refractivity contribution in [3.8, 4) is 0 Å². The van der Waals surface area contributed by atoms with Gasteiger partial charge >= 0.3 is 5.97 Å². The lowest BCUT2D eigenvalue weighted by Gasteiger charge is -2.05. The maximum absolute atomic E-state index is 11.6. The lowest BCUT2D eigenvalue weighted by Crippen LogP contribution is -2.05. The molecule has 1 N–H and O–H groups in total. The number of carbonyl (C=O) groups excluding carboxylic acids is 1. The number of carboxylic acids is 1. The Labute approximate surface area is 116 Å². The van der Waals surface area contributed by atoms with Crippen LogP contribution in [0.3, 0.4) is 0 Å². The molecule has 0 unspecified atom stereocenters. The third-order valence-corrected chi connectivity index (χ3v) is 3.27. The first kappa shape index (κ1) is 14.0. The number of ketones is 1. The summed E-state index contributed by atoms with van der Waals surface area (Å²) in [5.41, 5.74) is 3.41. The zero-order chi connectivity index (χ0) is 14.9. The lowest BCUT2D eigenvalue weighted by atomic mass is 10.1. The van der Waals surface area contributed by atoms with Crippen molar-refractivity contribution in [3.05, 3.63) is 52.3 Å². The van der Waals surface area contributed by atoms with Crippen molar-refractivity contribution >= 4 is 11.8 Å². The third kappa shape index (κ3) is 2.61. The van der Waals surface area contributed by atoms with Gasteiger partial charge in [-0.3, -0.25) is 9.48 Å². The average Bonchev–Trinajstić information content (AvgIpc) is 2.65. The molecule has 0 radical (unpaired) electrons. The van der Waals surface area contributed by atoms with Crippen LogP contribution in [-0.4, -0.2) is 26.6 Å². The molecule has 1 aromatic heterocycles. The van der Waals surface area contributed by atoms with E-state index in [4.69, 9.17) is 5.11 Å². The van der Waals surface area contributed by atoms with Gasteiger partial charge in [-0.05, 0) is 38.5 Å². The van der Waals surface area contributed by atoms with E-state index in [-0.39, 0.29) is 11.3 Å². The summed E-state index contributed by atoms with van der Waals surface area (Å²) in [5, 5.41) is 13.2. The van der Waals surface area contributed by atoms with Crippen LogP contribution in [-0.2, 0) is 6.54 Å². The number of hydrogen-bond donors (Lipinski definition) is 1. The summed E-state index contributed by atoms with van der Waals surface area (Å²) in [5.74, 6) is -0.936. The van der Waals surface area contributed by atoms with E-state index < -0.39 is 5.97 Å². The SMILES string of the molecule is CC(=O)c1c(C)nn(Cc2ccc(C(=O)O)cc2)c1C. The molecule has 0 aliphatic carbocycles. The molecular formula is C15H16N2O3. The molecule has 5 heteroatoms. The van der Waals surface area contributed by atoms with Crippen LogP contribution < -0.4 is 0 Å². The Morgan fingerprint density at radius 2 is 1.80 bits per heavy atom. The van der Waals surface area contributed by atoms with Gasteiger partial charge in [0.05, 0.1) is 23.4 Å². The minimum atomic E-state index is -0.943. The molecule has 1 heterocycles. The van der Waals surface area contributed by atoms with Crippen LogP contribution in [0.5, 0.6) is 0 Å². The van der Waals surface area contributed by atoms with Gasteiger partial charge in [-0.15, -0.1) is 0 Å². The van der Waals surface area contributed by atoms with Gasteiger partial charge < -0.3 is 5.11 Å². The number of hydrogen-bond acceptors (Lipinski definition) is 3. The number of Topliss-reactive ketones (excluding diaryl/α,β-unsaturated/α-hetero) is 1. The zero-order valence-corrected chi connectivity index (χ0v) is 11.7. The van der Waals surface area contributed by atoms with E-state index in [1.165, 1.54) is 6.92 Å². The van der Waals surface area contributed by atoms with Crippen molar-refractivity contribution in [2.75, 3.05) is 0 Å². The van der Waals surface area contributed by atoms with Crippen LogP contribution in [0.2, 0.25) is 0 Å². The van der Waals surface area contributed by atoms with E-state index in [0.29, 0.717) is 12.1 Å². The minimum Gasteiger partial charge on any atom is -0.478 e. The largest absolute Gasteiger partial charge is 0.478 e. The van der Waals surface area contributed by atoms with E-state index in [2.05, 4.69) is 5.10 Å². The summed E-state index contributed by atoms with van der Waals surface area (Å²) in [6.45, 7) is 5.72. The van der Waals surface area contributed by atoms with Gasteiger partial charge in [0, 0.05) is 5.69 Å². The smallest absolute Gasteiger partial charge is 0.335 e. The topological polar surface area (TPSA) is 72.2 Å². The fourth-order valence-corrected chi connectivity index (χ4v) is 2.29. The van der Waals surface area contributed by atoms with Gasteiger partial charge in [-0.2, -0.15) is 5.10 Å². The fraction of sp³-hybridized carbons (Fsp3) is 0.267. The number of aromatic carboxylic acids is 1. The zero-order valence-electron chi connectivity index (χ0n) is 11.7. The number of rotatable bonds is 4. The highest BCUT2D eigenvalue weighted by Gasteiger charge is 2.15. The minimum absolute atomic E-state index is 0.00692. The molecule has 0 saturated carbocycles. The van der Waals surface area contributed by atoms with E-state index in [0.717, 1.165) is 17.0 Å². The second-order valence-electron chi connectivity index (χ2n) is 4.76. The Bertz CT molecular complexity index is 669. The first-order valence-electron chi connectivity index (χ1n) is 6.27. The van der Waals surface area contributed by atoms with Crippen LogP contribution in [0.1, 0.15) is 44.6 Å². The highest BCUT2D eigenvalue weighted by atomic mass is 16.4. The molecule has 0 aliphatic heterocycles. The van der Waals surface area contributed by atoms with Gasteiger partial charge in [0.1, 0.15) is 0 Å². The first-order valence-corrected chi connectivity index (χ1v) is 6.27. The van der Waals surface area contributed by atoms with Crippen LogP contribution in [0, 0.1) is 13.8 Å². The number of carboxylic acid groups (broad SMARTS) is 1. The highest BCUT2D eigenvalue weighted by molar-refractivity contribution is 5.96. The first-order chi connectivity index (χ1) is 9.40. The molecule has 20 heavy (non-hydrogen) atoms. The van der Waals surface area contributed by atoms with E-state index in [1.807, 2.05) is 13.8 Å². The maximum Gasteiger partial charge on any atom is 0.335 e. The molecule has 2 aromatic rings. The Hall–Kier alpha value is -2.43. The molecule has 0 aliphatic rings. The molecule has 1 aromatic carbocycles. The van der Waals surface area contributed by atoms with Gasteiger partial charge in [-0.25, -0.2) is 4.79 Å². The van der Waals surface area contributed by atoms with Crippen LogP contribution >= 0.6 is 0 Å². The lowest BCUT2D eigenvalue weighted by molar-refractivity contribution is 0.0696. The van der Waals surface area contributed by atoms with Crippen molar-refractivity contribution in [1.82, 2.24) is 9.78 Å². The second kappa shape index (κ2) is 5.28. The molecule has 0 saturated heterocycles.